The van der Waals surface area contributed by atoms with Crippen LogP contribution >= 0.6 is 0 Å². The number of carbonyl (C=O) groups is 1. The summed E-state index contributed by atoms with van der Waals surface area (Å²) in [5.74, 6) is 1.42. The largest absolute Gasteiger partial charge is 0.484 e. The highest BCUT2D eigenvalue weighted by Gasteiger charge is 2.18. The second kappa shape index (κ2) is 9.21. The number of para-hydroxylation sites is 3. The summed E-state index contributed by atoms with van der Waals surface area (Å²) in [5.41, 5.74) is 2.08. The highest BCUT2D eigenvalue weighted by atomic mass is 16.5. The van der Waals surface area contributed by atoms with E-state index in [0.29, 0.717) is 5.75 Å². The van der Waals surface area contributed by atoms with Crippen molar-refractivity contribution in [3.05, 3.63) is 60.4 Å². The van der Waals surface area contributed by atoms with Crippen LogP contribution in [0.15, 0.2) is 54.6 Å². The van der Waals surface area contributed by atoms with Crippen LogP contribution in [0.1, 0.15) is 45.0 Å². The molecular formula is C22H27N3O2. The number of unbranched alkanes of at least 4 members (excludes halogenated alkanes) is 2. The van der Waals surface area contributed by atoms with Crippen LogP contribution in [0.5, 0.6) is 5.75 Å². The lowest BCUT2D eigenvalue weighted by molar-refractivity contribution is -0.123. The van der Waals surface area contributed by atoms with Gasteiger partial charge in [-0.05, 0) is 37.6 Å². The molecule has 5 nitrogen and oxygen atoms in total. The van der Waals surface area contributed by atoms with Crippen LogP contribution in [-0.2, 0) is 11.3 Å². The SMILES string of the molecule is CCCCCn1c([C@H](C)NC(=O)COc2ccccc2)nc2ccccc21. The standard InChI is InChI=1S/C22H27N3O2/c1-3-4-10-15-25-20-14-9-8-13-19(20)24-22(25)17(2)23-21(26)16-27-18-11-6-5-7-12-18/h5-9,11-14,17H,3-4,10,15-16H2,1-2H3,(H,23,26)/t17-/m0/s1. The van der Waals surface area contributed by atoms with E-state index in [0.717, 1.165) is 29.8 Å². The molecule has 5 heteroatoms. The van der Waals surface area contributed by atoms with Crippen molar-refractivity contribution < 1.29 is 9.53 Å². The van der Waals surface area contributed by atoms with Crippen molar-refractivity contribution >= 4 is 16.9 Å². The van der Waals surface area contributed by atoms with Crippen molar-refractivity contribution in [2.75, 3.05) is 6.61 Å². The van der Waals surface area contributed by atoms with Gasteiger partial charge in [0.25, 0.3) is 5.91 Å². The van der Waals surface area contributed by atoms with E-state index in [1.54, 1.807) is 0 Å². The number of nitrogens with one attached hydrogen (secondary N) is 1. The monoisotopic (exact) mass is 365 g/mol. The molecule has 1 aromatic heterocycles. The van der Waals surface area contributed by atoms with Gasteiger partial charge in [0.2, 0.25) is 0 Å². The Balaban J connectivity index is 1.69. The number of carbonyl (C=O) groups excluding carboxylic acids is 1. The molecule has 0 aliphatic heterocycles. The molecule has 142 valence electrons. The molecule has 3 rings (SSSR count). The minimum Gasteiger partial charge on any atom is -0.484 e. The van der Waals surface area contributed by atoms with E-state index in [4.69, 9.17) is 9.72 Å². The van der Waals surface area contributed by atoms with Gasteiger partial charge >= 0.3 is 0 Å². The summed E-state index contributed by atoms with van der Waals surface area (Å²) >= 11 is 0. The van der Waals surface area contributed by atoms with Crippen LogP contribution in [0.3, 0.4) is 0 Å². The van der Waals surface area contributed by atoms with Gasteiger partial charge in [-0.25, -0.2) is 4.98 Å². The van der Waals surface area contributed by atoms with Gasteiger partial charge in [0.05, 0.1) is 17.1 Å². The fourth-order valence-corrected chi connectivity index (χ4v) is 3.19. The molecule has 1 heterocycles. The Morgan fingerprint density at radius 3 is 2.63 bits per heavy atom. The molecular weight excluding hydrogens is 338 g/mol. The number of hydrogen-bond acceptors (Lipinski definition) is 3. The van der Waals surface area contributed by atoms with E-state index in [1.165, 1.54) is 12.8 Å². The van der Waals surface area contributed by atoms with E-state index in [9.17, 15) is 4.79 Å². The lowest BCUT2D eigenvalue weighted by Crippen LogP contribution is -2.32. The fraction of sp³-hybridized carbons (Fsp3) is 0.364. The van der Waals surface area contributed by atoms with E-state index >= 15 is 0 Å². The van der Waals surface area contributed by atoms with Gasteiger partial charge in [-0.3, -0.25) is 4.79 Å². The minimum absolute atomic E-state index is 0.00951. The maximum atomic E-state index is 12.3. The first-order chi connectivity index (χ1) is 13.2. The van der Waals surface area contributed by atoms with Gasteiger partial charge in [0.15, 0.2) is 6.61 Å². The highest BCUT2D eigenvalue weighted by molar-refractivity contribution is 5.79. The number of rotatable bonds is 9. The Labute approximate surface area is 160 Å². The summed E-state index contributed by atoms with van der Waals surface area (Å²) in [6.07, 6.45) is 3.45. The van der Waals surface area contributed by atoms with Crippen molar-refractivity contribution in [1.82, 2.24) is 14.9 Å². The second-order valence-corrected chi connectivity index (χ2v) is 6.71. The van der Waals surface area contributed by atoms with Gasteiger partial charge in [0, 0.05) is 6.54 Å². The van der Waals surface area contributed by atoms with Crippen LogP contribution in [0.2, 0.25) is 0 Å². The number of aryl methyl sites for hydroxylation is 1. The average Bonchev–Trinajstić information content (AvgIpc) is 3.06. The second-order valence-electron chi connectivity index (χ2n) is 6.71. The normalized spacial score (nSPS) is 12.1. The third-order valence-corrected chi connectivity index (χ3v) is 4.55. The van der Waals surface area contributed by atoms with E-state index in [2.05, 4.69) is 22.9 Å². The number of benzene rings is 2. The van der Waals surface area contributed by atoms with Crippen molar-refractivity contribution in [3.63, 3.8) is 0 Å². The zero-order chi connectivity index (χ0) is 19.1. The Morgan fingerprint density at radius 2 is 1.85 bits per heavy atom. The molecule has 0 spiro atoms. The minimum atomic E-state index is -0.189. The summed E-state index contributed by atoms with van der Waals surface area (Å²) in [6, 6.07) is 17.3. The van der Waals surface area contributed by atoms with Gasteiger partial charge in [-0.2, -0.15) is 0 Å². The molecule has 2 aromatic carbocycles. The zero-order valence-electron chi connectivity index (χ0n) is 16.0. The molecule has 0 aliphatic rings. The summed E-state index contributed by atoms with van der Waals surface area (Å²) < 4.78 is 7.76. The zero-order valence-corrected chi connectivity index (χ0v) is 16.0. The molecule has 1 N–H and O–H groups in total. The van der Waals surface area contributed by atoms with Gasteiger partial charge in [0.1, 0.15) is 11.6 Å². The molecule has 27 heavy (non-hydrogen) atoms. The van der Waals surface area contributed by atoms with Gasteiger partial charge in [-0.15, -0.1) is 0 Å². The Hall–Kier alpha value is -2.82. The molecule has 0 saturated carbocycles. The summed E-state index contributed by atoms with van der Waals surface area (Å²) in [6.45, 7) is 5.06. The maximum Gasteiger partial charge on any atom is 0.258 e. The molecule has 0 bridgehead atoms. The summed E-state index contributed by atoms with van der Waals surface area (Å²) in [5, 5.41) is 3.01. The number of ether oxygens (including phenoxy) is 1. The molecule has 3 aromatic rings. The van der Waals surface area contributed by atoms with Crippen LogP contribution in [-0.4, -0.2) is 22.1 Å². The number of amides is 1. The van der Waals surface area contributed by atoms with Crippen LogP contribution in [0.25, 0.3) is 11.0 Å². The van der Waals surface area contributed by atoms with Crippen LogP contribution < -0.4 is 10.1 Å². The van der Waals surface area contributed by atoms with Crippen molar-refractivity contribution in [2.24, 2.45) is 0 Å². The third-order valence-electron chi connectivity index (χ3n) is 4.55. The van der Waals surface area contributed by atoms with Crippen molar-refractivity contribution in [1.29, 1.82) is 0 Å². The number of hydrogen-bond donors (Lipinski definition) is 1. The lowest BCUT2D eigenvalue weighted by atomic mass is 10.2. The molecule has 0 fully saturated rings. The smallest absolute Gasteiger partial charge is 0.258 e. The van der Waals surface area contributed by atoms with Crippen LogP contribution in [0, 0.1) is 0 Å². The molecule has 1 atom stereocenters. The number of aromatic nitrogens is 2. The van der Waals surface area contributed by atoms with Crippen molar-refractivity contribution in [2.45, 2.75) is 45.7 Å². The van der Waals surface area contributed by atoms with Gasteiger partial charge in [-0.1, -0.05) is 50.1 Å². The third kappa shape index (κ3) is 4.88. The van der Waals surface area contributed by atoms with Crippen molar-refractivity contribution in [3.8, 4) is 5.75 Å². The first-order valence-corrected chi connectivity index (χ1v) is 9.61. The maximum absolute atomic E-state index is 12.3. The Morgan fingerprint density at radius 1 is 1.11 bits per heavy atom. The molecule has 0 radical (unpaired) electrons. The van der Waals surface area contributed by atoms with E-state index in [1.807, 2.05) is 55.5 Å². The number of nitrogens with zero attached hydrogens (tertiary/aromatic N) is 2. The molecule has 0 saturated heterocycles. The van der Waals surface area contributed by atoms with Crippen LogP contribution in [0.4, 0.5) is 0 Å². The quantitative estimate of drug-likeness (QED) is 0.569. The number of fused-ring (bicyclic) bond motifs is 1. The fourth-order valence-electron chi connectivity index (χ4n) is 3.19. The summed E-state index contributed by atoms with van der Waals surface area (Å²) in [7, 11) is 0. The topological polar surface area (TPSA) is 56.2 Å². The Bertz CT molecular complexity index is 874. The highest BCUT2D eigenvalue weighted by Crippen LogP contribution is 2.21. The predicted octanol–water partition coefficient (Wildman–Crippen LogP) is 4.48. The van der Waals surface area contributed by atoms with E-state index in [-0.39, 0.29) is 18.6 Å². The Kier molecular flexibility index (Phi) is 6.47. The predicted molar refractivity (Wildman–Crippen MR) is 108 cm³/mol. The number of imidazole rings is 1. The van der Waals surface area contributed by atoms with Gasteiger partial charge < -0.3 is 14.6 Å². The lowest BCUT2D eigenvalue weighted by Gasteiger charge is -2.16. The van der Waals surface area contributed by atoms with E-state index < -0.39 is 0 Å². The molecule has 0 unspecified atom stereocenters. The average molecular weight is 365 g/mol. The molecule has 1 amide bonds. The first kappa shape index (κ1) is 19.0. The summed E-state index contributed by atoms with van der Waals surface area (Å²) in [4.78, 5) is 17.1. The first-order valence-electron chi connectivity index (χ1n) is 9.61. The molecule has 0 aliphatic carbocycles.